The number of hydrogen-bond acceptors (Lipinski definition) is 8. The summed E-state index contributed by atoms with van der Waals surface area (Å²) in [4.78, 5) is 26.0. The van der Waals surface area contributed by atoms with Crippen molar-refractivity contribution < 1.29 is 40.2 Å². The maximum atomic E-state index is 13.2. The number of benzene rings is 3. The van der Waals surface area contributed by atoms with E-state index in [2.05, 4.69) is 0 Å². The molecule has 0 atom stereocenters. The van der Waals surface area contributed by atoms with E-state index in [0.717, 1.165) is 23.3 Å². The number of rotatable bonds is 5. The molecule has 2 aliphatic rings. The third-order valence-electron chi connectivity index (χ3n) is 6.58. The molecule has 8 nitrogen and oxygen atoms in total. The van der Waals surface area contributed by atoms with Crippen molar-refractivity contribution in [3.05, 3.63) is 129 Å². The fraction of sp³-hybridized carbons (Fsp3) is 0.0667. The van der Waals surface area contributed by atoms with Gasteiger partial charge in [0.25, 0.3) is 0 Å². The summed E-state index contributed by atoms with van der Waals surface area (Å²) in [5.74, 6) is -5.32. The number of Topliss-reactive ketones (excluding diaryl/α,β-unsaturated/α-hetero) is 1. The van der Waals surface area contributed by atoms with E-state index in [0.29, 0.717) is 0 Å². The number of phenolic OH excluding ortho intramolecular Hbond substituents is 3. The Labute approximate surface area is 216 Å². The molecule has 3 aromatic rings. The highest BCUT2D eigenvalue weighted by molar-refractivity contribution is 6.42. The monoisotopic (exact) mass is 510 g/mol. The van der Waals surface area contributed by atoms with E-state index in [4.69, 9.17) is 0 Å². The lowest BCUT2D eigenvalue weighted by Gasteiger charge is -2.27. The summed E-state index contributed by atoms with van der Waals surface area (Å²) in [6.45, 7) is 0. The number of carbonyl (C=O) groups is 2. The first-order valence-corrected chi connectivity index (χ1v) is 11.6. The molecule has 0 spiro atoms. The number of phenols is 3. The van der Waals surface area contributed by atoms with Gasteiger partial charge in [-0.05, 0) is 11.1 Å². The van der Waals surface area contributed by atoms with Gasteiger partial charge in [0.15, 0.2) is 5.78 Å². The molecule has 38 heavy (non-hydrogen) atoms. The van der Waals surface area contributed by atoms with Gasteiger partial charge in [-0.2, -0.15) is 0 Å². The summed E-state index contributed by atoms with van der Waals surface area (Å²) >= 11 is 0. The van der Waals surface area contributed by atoms with Crippen molar-refractivity contribution in [1.82, 2.24) is 0 Å². The standard InChI is InChI=1S/C30H22O8/c31-19-13-21(33)23(27(35)17(19)11-15-7-3-1-4-8-15)25-29(37)26(30(25)38)24-22(34)14-20(32)18(28(24)36)12-16-9-5-2-6-10-16/h1-10,13-14,31-33,35-37H,11-12H2/b26-24+. The van der Waals surface area contributed by atoms with Crippen LogP contribution < -0.4 is 0 Å². The van der Waals surface area contributed by atoms with Crippen molar-refractivity contribution in [2.24, 2.45) is 0 Å². The van der Waals surface area contributed by atoms with Crippen molar-refractivity contribution >= 4 is 17.1 Å². The summed E-state index contributed by atoms with van der Waals surface area (Å²) in [5, 5.41) is 63.8. The fourth-order valence-electron chi connectivity index (χ4n) is 4.66. The third-order valence-corrected chi connectivity index (χ3v) is 6.58. The van der Waals surface area contributed by atoms with Crippen LogP contribution in [0.5, 0.6) is 17.2 Å². The lowest BCUT2D eigenvalue weighted by Crippen LogP contribution is -2.27. The van der Waals surface area contributed by atoms with Gasteiger partial charge in [-0.3, -0.25) is 9.59 Å². The molecule has 3 aromatic carbocycles. The van der Waals surface area contributed by atoms with E-state index in [-0.39, 0.29) is 24.0 Å². The molecule has 5 rings (SSSR count). The molecule has 8 heteroatoms. The summed E-state index contributed by atoms with van der Waals surface area (Å²) in [6, 6.07) is 18.6. The minimum atomic E-state index is -0.909. The zero-order chi connectivity index (χ0) is 27.1. The van der Waals surface area contributed by atoms with Crippen LogP contribution in [0.3, 0.4) is 0 Å². The Bertz CT molecular complexity index is 1620. The lowest BCUT2D eigenvalue weighted by atomic mass is 9.76. The first-order valence-electron chi connectivity index (χ1n) is 11.6. The second-order valence-electron chi connectivity index (χ2n) is 8.97. The van der Waals surface area contributed by atoms with E-state index in [1.54, 1.807) is 60.7 Å². The first kappa shape index (κ1) is 24.5. The Morgan fingerprint density at radius 2 is 1.18 bits per heavy atom. The predicted octanol–water partition coefficient (Wildman–Crippen LogP) is 4.62. The topological polar surface area (TPSA) is 156 Å². The molecule has 0 saturated carbocycles. The summed E-state index contributed by atoms with van der Waals surface area (Å²) in [7, 11) is 0. The first-order chi connectivity index (χ1) is 18.2. The predicted molar refractivity (Wildman–Crippen MR) is 138 cm³/mol. The third kappa shape index (κ3) is 3.98. The number of aromatic hydroxyl groups is 3. The van der Waals surface area contributed by atoms with Crippen LogP contribution in [0, 0.1) is 0 Å². The van der Waals surface area contributed by atoms with Crippen molar-refractivity contribution in [2.75, 3.05) is 0 Å². The molecule has 0 bridgehead atoms. The molecule has 0 saturated heterocycles. The van der Waals surface area contributed by atoms with Gasteiger partial charge < -0.3 is 30.6 Å². The smallest absolute Gasteiger partial charge is 0.202 e. The average molecular weight is 510 g/mol. The molecular formula is C30H22O8. The quantitative estimate of drug-likeness (QED) is 0.272. The molecule has 0 aliphatic heterocycles. The van der Waals surface area contributed by atoms with E-state index >= 15 is 0 Å². The molecule has 0 heterocycles. The van der Waals surface area contributed by atoms with Crippen LogP contribution in [0.15, 0.2) is 107 Å². The fourth-order valence-corrected chi connectivity index (χ4v) is 4.66. The number of allylic oxidation sites excluding steroid dienone is 5. The Morgan fingerprint density at radius 3 is 1.76 bits per heavy atom. The van der Waals surface area contributed by atoms with Gasteiger partial charge in [0.1, 0.15) is 34.5 Å². The zero-order valence-electron chi connectivity index (χ0n) is 19.8. The van der Waals surface area contributed by atoms with E-state index in [1.165, 1.54) is 0 Å². The van der Waals surface area contributed by atoms with Crippen molar-refractivity contribution in [2.45, 2.75) is 12.8 Å². The maximum absolute atomic E-state index is 13.2. The van der Waals surface area contributed by atoms with Crippen LogP contribution in [0.25, 0.3) is 5.57 Å². The molecule has 0 amide bonds. The highest BCUT2D eigenvalue weighted by Gasteiger charge is 2.44. The Hall–Kier alpha value is -5.24. The van der Waals surface area contributed by atoms with Gasteiger partial charge in [0.05, 0.1) is 22.3 Å². The number of hydrogen-bond donors (Lipinski definition) is 6. The molecule has 0 unspecified atom stereocenters. The van der Waals surface area contributed by atoms with Gasteiger partial charge in [-0.1, -0.05) is 60.7 Å². The number of aliphatic hydroxyl groups is 3. The van der Waals surface area contributed by atoms with Gasteiger partial charge in [-0.15, -0.1) is 0 Å². The van der Waals surface area contributed by atoms with Gasteiger partial charge in [0.2, 0.25) is 5.78 Å². The summed E-state index contributed by atoms with van der Waals surface area (Å²) in [5.41, 5.74) is -0.416. The number of ketones is 2. The molecule has 2 aliphatic carbocycles. The van der Waals surface area contributed by atoms with Crippen molar-refractivity contribution in [3.63, 3.8) is 0 Å². The largest absolute Gasteiger partial charge is 0.507 e. The van der Waals surface area contributed by atoms with Crippen molar-refractivity contribution in [3.8, 4) is 17.2 Å². The maximum Gasteiger partial charge on any atom is 0.202 e. The Morgan fingerprint density at radius 1 is 0.605 bits per heavy atom. The van der Waals surface area contributed by atoms with Crippen LogP contribution in [0.4, 0.5) is 0 Å². The second-order valence-corrected chi connectivity index (χ2v) is 8.97. The van der Waals surface area contributed by atoms with E-state index in [9.17, 15) is 40.2 Å². The van der Waals surface area contributed by atoms with Crippen LogP contribution >= 0.6 is 0 Å². The molecular weight excluding hydrogens is 488 g/mol. The Kier molecular flexibility index (Phi) is 6.00. The highest BCUT2D eigenvalue weighted by atomic mass is 16.3. The van der Waals surface area contributed by atoms with Crippen LogP contribution in [0.2, 0.25) is 0 Å². The zero-order valence-corrected chi connectivity index (χ0v) is 19.8. The number of carbonyl (C=O) groups excluding carboxylic acids is 2. The van der Waals surface area contributed by atoms with Crippen LogP contribution in [0.1, 0.15) is 22.3 Å². The summed E-state index contributed by atoms with van der Waals surface area (Å²) in [6.07, 6.45) is 0.968. The van der Waals surface area contributed by atoms with Gasteiger partial charge in [-0.25, -0.2) is 0 Å². The molecule has 0 fully saturated rings. The lowest BCUT2D eigenvalue weighted by molar-refractivity contribution is -0.114. The average Bonchev–Trinajstić information content (AvgIpc) is 2.90. The van der Waals surface area contributed by atoms with Gasteiger partial charge in [0, 0.05) is 36.1 Å². The second kappa shape index (κ2) is 9.33. The Balaban J connectivity index is 1.61. The molecule has 190 valence electrons. The van der Waals surface area contributed by atoms with Crippen LogP contribution in [-0.4, -0.2) is 42.2 Å². The van der Waals surface area contributed by atoms with E-state index < -0.39 is 68.4 Å². The molecule has 0 radical (unpaired) electrons. The minimum absolute atomic E-state index is 0.00664. The SMILES string of the molecule is O=C1C=C(O)C(Cc2ccccc2)=C(O)/C1=C1/C(=O)C(c2c(O)cc(O)c(Cc3ccccc3)c2O)=C1O. The van der Waals surface area contributed by atoms with Crippen molar-refractivity contribution in [1.29, 1.82) is 0 Å². The van der Waals surface area contributed by atoms with Gasteiger partial charge >= 0.3 is 0 Å². The molecule has 6 N–H and O–H groups in total. The molecule has 0 aromatic heterocycles. The summed E-state index contributed by atoms with van der Waals surface area (Å²) < 4.78 is 0. The van der Waals surface area contributed by atoms with Crippen LogP contribution in [-0.2, 0) is 22.4 Å². The number of aliphatic hydroxyl groups excluding tert-OH is 3. The highest BCUT2D eigenvalue weighted by Crippen LogP contribution is 2.49. The normalized spacial score (nSPS) is 17.5. The van der Waals surface area contributed by atoms with E-state index in [1.807, 2.05) is 0 Å². The minimum Gasteiger partial charge on any atom is -0.507 e.